The van der Waals surface area contributed by atoms with E-state index in [0.717, 1.165) is 24.2 Å². The van der Waals surface area contributed by atoms with Gasteiger partial charge < -0.3 is 0 Å². The highest BCUT2D eigenvalue weighted by molar-refractivity contribution is 6.03. The Balaban J connectivity index is 2.44. The van der Waals surface area contributed by atoms with Crippen molar-refractivity contribution < 1.29 is 9.59 Å². The number of carbonyl (C=O) groups is 2. The van der Waals surface area contributed by atoms with Gasteiger partial charge in [-0.15, -0.1) is 0 Å². The van der Waals surface area contributed by atoms with E-state index in [2.05, 4.69) is 12.1 Å². The van der Waals surface area contributed by atoms with Gasteiger partial charge in [-0.1, -0.05) is 33.1 Å². The molecule has 1 heterocycles. The van der Waals surface area contributed by atoms with Crippen LogP contribution in [0.2, 0.25) is 0 Å². The van der Waals surface area contributed by atoms with Gasteiger partial charge in [-0.25, -0.2) is 0 Å². The van der Waals surface area contributed by atoms with Crippen molar-refractivity contribution in [3.63, 3.8) is 0 Å². The second kappa shape index (κ2) is 5.85. The molecule has 2 fully saturated rings. The number of rotatable bonds is 2. The van der Waals surface area contributed by atoms with Crippen LogP contribution in [0, 0.1) is 45.8 Å². The lowest BCUT2D eigenvalue weighted by Crippen LogP contribution is -2.60. The van der Waals surface area contributed by atoms with Crippen molar-refractivity contribution in [2.45, 2.75) is 46.0 Å². The standard InChI is InChI=1S/C16H21N3O2/c1-11(2)10-19-14(20)12(8-17)16(6-4-3-5-7-16)13(9-18)15(19)21/h11-13H,3-7,10H2,1-2H3. The molecule has 2 rings (SSSR count). The zero-order valence-electron chi connectivity index (χ0n) is 12.6. The van der Waals surface area contributed by atoms with Crippen LogP contribution in [0.1, 0.15) is 46.0 Å². The minimum absolute atomic E-state index is 0.122. The molecule has 0 aromatic heterocycles. The van der Waals surface area contributed by atoms with E-state index in [-0.39, 0.29) is 12.5 Å². The van der Waals surface area contributed by atoms with Gasteiger partial charge in [0.15, 0.2) is 0 Å². The molecular formula is C16H21N3O2. The van der Waals surface area contributed by atoms with Gasteiger partial charge in [0.25, 0.3) is 0 Å². The van der Waals surface area contributed by atoms with Crippen LogP contribution in [0.25, 0.3) is 0 Å². The van der Waals surface area contributed by atoms with Gasteiger partial charge in [0.2, 0.25) is 11.8 Å². The summed E-state index contributed by atoms with van der Waals surface area (Å²) in [5.74, 6) is -2.40. The van der Waals surface area contributed by atoms with Crippen LogP contribution in [-0.2, 0) is 9.59 Å². The first-order chi connectivity index (χ1) is 9.97. The van der Waals surface area contributed by atoms with E-state index in [9.17, 15) is 20.1 Å². The second-order valence-electron chi connectivity index (χ2n) is 6.60. The third kappa shape index (κ3) is 2.42. The van der Waals surface area contributed by atoms with Gasteiger partial charge in [0.05, 0.1) is 12.1 Å². The third-order valence-corrected chi connectivity index (χ3v) is 4.77. The summed E-state index contributed by atoms with van der Waals surface area (Å²) in [5, 5.41) is 19.0. The van der Waals surface area contributed by atoms with Crippen molar-refractivity contribution in [2.24, 2.45) is 23.2 Å². The average molecular weight is 287 g/mol. The van der Waals surface area contributed by atoms with Crippen molar-refractivity contribution in [3.8, 4) is 12.1 Å². The Kier molecular flexibility index (Phi) is 4.32. The predicted molar refractivity (Wildman–Crippen MR) is 75.3 cm³/mol. The van der Waals surface area contributed by atoms with Gasteiger partial charge in [-0.3, -0.25) is 14.5 Å². The number of nitrogens with zero attached hydrogens (tertiary/aromatic N) is 3. The SMILES string of the molecule is CC(C)CN1C(=O)C(C#N)C2(CCCCC2)C(C#N)C1=O. The number of imide groups is 1. The van der Waals surface area contributed by atoms with Crippen molar-refractivity contribution in [1.29, 1.82) is 10.5 Å². The van der Waals surface area contributed by atoms with E-state index in [0.29, 0.717) is 12.8 Å². The van der Waals surface area contributed by atoms with Crippen molar-refractivity contribution in [2.75, 3.05) is 6.54 Å². The molecule has 21 heavy (non-hydrogen) atoms. The second-order valence-corrected chi connectivity index (χ2v) is 6.60. The molecule has 2 unspecified atom stereocenters. The normalized spacial score (nSPS) is 28.5. The molecule has 5 nitrogen and oxygen atoms in total. The van der Waals surface area contributed by atoms with Crippen molar-refractivity contribution in [1.82, 2.24) is 4.90 Å². The molecular weight excluding hydrogens is 266 g/mol. The van der Waals surface area contributed by atoms with Crippen molar-refractivity contribution in [3.05, 3.63) is 0 Å². The summed E-state index contributed by atoms with van der Waals surface area (Å²) in [5.41, 5.74) is -0.761. The van der Waals surface area contributed by atoms with Gasteiger partial charge in [0.1, 0.15) is 11.8 Å². The summed E-state index contributed by atoms with van der Waals surface area (Å²) in [6.07, 6.45) is 4.03. The summed E-state index contributed by atoms with van der Waals surface area (Å²) < 4.78 is 0. The monoisotopic (exact) mass is 287 g/mol. The lowest BCUT2D eigenvalue weighted by atomic mass is 9.57. The van der Waals surface area contributed by atoms with E-state index in [4.69, 9.17) is 0 Å². The Morgan fingerprint density at radius 2 is 1.57 bits per heavy atom. The minimum atomic E-state index is -0.862. The first-order valence-corrected chi connectivity index (χ1v) is 7.62. The number of piperidine rings is 1. The molecule has 5 heteroatoms. The van der Waals surface area contributed by atoms with Gasteiger partial charge in [-0.2, -0.15) is 10.5 Å². The zero-order chi connectivity index (χ0) is 15.6. The summed E-state index contributed by atoms with van der Waals surface area (Å²) in [6.45, 7) is 4.10. The summed E-state index contributed by atoms with van der Waals surface area (Å²) in [7, 11) is 0. The quantitative estimate of drug-likeness (QED) is 0.729. The van der Waals surface area contributed by atoms with E-state index in [1.807, 2.05) is 13.8 Å². The van der Waals surface area contributed by atoms with E-state index >= 15 is 0 Å². The molecule has 0 aromatic rings. The van der Waals surface area contributed by atoms with E-state index in [1.165, 1.54) is 0 Å². The van der Waals surface area contributed by atoms with E-state index in [1.54, 1.807) is 0 Å². The Morgan fingerprint density at radius 3 is 1.95 bits per heavy atom. The summed E-state index contributed by atoms with van der Waals surface area (Å²) in [6, 6.07) is 4.22. The number of nitriles is 2. The van der Waals surface area contributed by atoms with Crippen LogP contribution in [0.5, 0.6) is 0 Å². The molecule has 1 saturated heterocycles. The first-order valence-electron chi connectivity index (χ1n) is 7.62. The predicted octanol–water partition coefficient (Wildman–Crippen LogP) is 2.24. The fraction of sp³-hybridized carbons (Fsp3) is 0.750. The average Bonchev–Trinajstić information content (AvgIpc) is 2.45. The Labute approximate surface area is 125 Å². The maximum Gasteiger partial charge on any atom is 0.247 e. The van der Waals surface area contributed by atoms with Crippen LogP contribution < -0.4 is 0 Å². The maximum atomic E-state index is 12.6. The third-order valence-electron chi connectivity index (χ3n) is 4.77. The molecule has 1 spiro atoms. The molecule has 0 N–H and O–H groups in total. The lowest BCUT2D eigenvalue weighted by molar-refractivity contribution is -0.164. The molecule has 2 amide bonds. The number of carbonyl (C=O) groups excluding carboxylic acids is 2. The number of hydrogen-bond acceptors (Lipinski definition) is 4. The Morgan fingerprint density at radius 1 is 1.10 bits per heavy atom. The first kappa shape index (κ1) is 15.5. The molecule has 1 aliphatic heterocycles. The van der Waals surface area contributed by atoms with Gasteiger partial charge >= 0.3 is 0 Å². The Hall–Kier alpha value is -1.88. The highest BCUT2D eigenvalue weighted by atomic mass is 16.2. The van der Waals surface area contributed by atoms with Gasteiger partial charge in [0, 0.05) is 12.0 Å². The smallest absolute Gasteiger partial charge is 0.247 e. The summed E-state index contributed by atoms with van der Waals surface area (Å²) in [4.78, 5) is 26.4. The van der Waals surface area contributed by atoms with Crippen LogP contribution >= 0.6 is 0 Å². The molecule has 1 saturated carbocycles. The fourth-order valence-electron chi connectivity index (χ4n) is 3.78. The molecule has 1 aliphatic carbocycles. The van der Waals surface area contributed by atoms with E-state index < -0.39 is 29.1 Å². The zero-order valence-corrected chi connectivity index (χ0v) is 12.6. The molecule has 2 atom stereocenters. The Bertz CT molecular complexity index is 485. The highest BCUT2D eigenvalue weighted by Crippen LogP contribution is 2.51. The lowest BCUT2D eigenvalue weighted by Gasteiger charge is -2.48. The van der Waals surface area contributed by atoms with Crippen LogP contribution in [0.15, 0.2) is 0 Å². The van der Waals surface area contributed by atoms with Gasteiger partial charge in [-0.05, 0) is 18.8 Å². The topological polar surface area (TPSA) is 85.0 Å². The largest absolute Gasteiger partial charge is 0.280 e. The fourth-order valence-corrected chi connectivity index (χ4v) is 3.78. The maximum absolute atomic E-state index is 12.6. The minimum Gasteiger partial charge on any atom is -0.280 e. The molecule has 0 radical (unpaired) electrons. The number of hydrogen-bond donors (Lipinski definition) is 0. The molecule has 2 aliphatic rings. The van der Waals surface area contributed by atoms with Crippen LogP contribution in [-0.4, -0.2) is 23.3 Å². The van der Waals surface area contributed by atoms with Crippen molar-refractivity contribution >= 4 is 11.8 Å². The van der Waals surface area contributed by atoms with Crippen LogP contribution in [0.3, 0.4) is 0 Å². The number of amides is 2. The van der Waals surface area contributed by atoms with Crippen LogP contribution in [0.4, 0.5) is 0 Å². The molecule has 0 bridgehead atoms. The molecule has 0 aromatic carbocycles. The highest BCUT2D eigenvalue weighted by Gasteiger charge is 2.58. The molecule has 112 valence electrons. The summed E-state index contributed by atoms with van der Waals surface area (Å²) >= 11 is 0. The number of likely N-dealkylation sites (tertiary alicyclic amines) is 1.